The van der Waals surface area contributed by atoms with Crippen LogP contribution >= 0.6 is 24.0 Å². The first-order chi connectivity index (χ1) is 12.1. The molecule has 6 nitrogen and oxygen atoms in total. The zero-order valence-corrected chi connectivity index (χ0v) is 14.6. The van der Waals surface area contributed by atoms with Crippen LogP contribution in [0.4, 0.5) is 13.2 Å². The van der Waals surface area contributed by atoms with Gasteiger partial charge in [0.05, 0.1) is 4.91 Å². The van der Waals surface area contributed by atoms with Crippen LogP contribution in [0.25, 0.3) is 6.08 Å². The monoisotopic (exact) mass is 407 g/mol. The number of ether oxygens (including phenoxy) is 1. The van der Waals surface area contributed by atoms with E-state index in [1.165, 1.54) is 11.0 Å². The first-order valence-electron chi connectivity index (χ1n) is 7.13. The zero-order valence-electron chi connectivity index (χ0n) is 12.9. The summed E-state index contributed by atoms with van der Waals surface area (Å²) < 4.78 is 40.9. The molecule has 26 heavy (non-hydrogen) atoms. The summed E-state index contributed by atoms with van der Waals surface area (Å²) in [6.45, 7) is 0.109. The Morgan fingerprint density at radius 1 is 1.38 bits per heavy atom. The Labute approximate surface area is 155 Å². The van der Waals surface area contributed by atoms with Gasteiger partial charge in [0.25, 0.3) is 5.91 Å². The van der Waals surface area contributed by atoms with Gasteiger partial charge in [0.1, 0.15) is 15.8 Å². The van der Waals surface area contributed by atoms with Crippen LogP contribution in [0.5, 0.6) is 11.5 Å². The van der Waals surface area contributed by atoms with E-state index in [4.69, 9.17) is 17.3 Å². The van der Waals surface area contributed by atoms with E-state index in [1.54, 1.807) is 0 Å². The Kier molecular flexibility index (Phi) is 6.13. The third-order valence-corrected chi connectivity index (χ3v) is 4.54. The molecule has 1 fully saturated rings. The van der Waals surface area contributed by atoms with Crippen molar-refractivity contribution in [3.63, 3.8) is 0 Å². The Hall–Kier alpha value is -2.27. The van der Waals surface area contributed by atoms with Gasteiger partial charge < -0.3 is 14.9 Å². The summed E-state index contributed by atoms with van der Waals surface area (Å²) in [6.07, 6.45) is -3.61. The number of phenolic OH excluding ortho intramolecular Hbond substituents is 1. The number of thioether (sulfide) groups is 1. The van der Waals surface area contributed by atoms with Gasteiger partial charge in [-0.2, -0.15) is 0 Å². The van der Waals surface area contributed by atoms with E-state index in [1.807, 2.05) is 0 Å². The molecule has 2 rings (SSSR count). The minimum absolute atomic E-state index is 0.0437. The molecule has 0 atom stereocenters. The van der Waals surface area contributed by atoms with E-state index in [0.29, 0.717) is 0 Å². The highest BCUT2D eigenvalue weighted by Crippen LogP contribution is 2.35. The van der Waals surface area contributed by atoms with E-state index in [9.17, 15) is 27.9 Å². The fourth-order valence-electron chi connectivity index (χ4n) is 2.07. The summed E-state index contributed by atoms with van der Waals surface area (Å²) >= 11 is 5.97. The molecule has 0 radical (unpaired) electrons. The SMILES string of the molecule is O=C(O)CCCN1C(=O)/C(=C/c2cc(OC(F)(F)F)ccc2O)SC1=S. The fourth-order valence-corrected chi connectivity index (χ4v) is 3.37. The van der Waals surface area contributed by atoms with Crippen LogP contribution in [0.15, 0.2) is 23.1 Å². The molecule has 1 aromatic rings. The van der Waals surface area contributed by atoms with Crippen molar-refractivity contribution in [1.29, 1.82) is 0 Å². The lowest BCUT2D eigenvalue weighted by atomic mass is 10.1. The second-order valence-corrected chi connectivity index (χ2v) is 6.77. The van der Waals surface area contributed by atoms with E-state index in [2.05, 4.69) is 4.74 Å². The van der Waals surface area contributed by atoms with Crippen molar-refractivity contribution in [3.8, 4) is 11.5 Å². The van der Waals surface area contributed by atoms with Crippen molar-refractivity contribution in [2.45, 2.75) is 19.2 Å². The average molecular weight is 407 g/mol. The van der Waals surface area contributed by atoms with Crippen molar-refractivity contribution in [2.75, 3.05) is 6.54 Å². The number of hydrogen-bond acceptors (Lipinski definition) is 6. The third kappa shape index (κ3) is 5.36. The number of halogens is 3. The highest BCUT2D eigenvalue weighted by atomic mass is 32.2. The number of carbonyl (C=O) groups excluding carboxylic acids is 1. The van der Waals surface area contributed by atoms with Gasteiger partial charge in [-0.15, -0.1) is 13.2 Å². The van der Waals surface area contributed by atoms with Crippen LogP contribution in [-0.2, 0) is 9.59 Å². The number of carbonyl (C=O) groups is 2. The molecule has 0 bridgehead atoms. The van der Waals surface area contributed by atoms with Gasteiger partial charge in [0.2, 0.25) is 0 Å². The molecular formula is C15H12F3NO5S2. The van der Waals surface area contributed by atoms with Gasteiger partial charge >= 0.3 is 12.3 Å². The van der Waals surface area contributed by atoms with Crippen LogP contribution in [0.3, 0.4) is 0 Å². The highest BCUT2D eigenvalue weighted by molar-refractivity contribution is 8.26. The number of nitrogens with zero attached hydrogens (tertiary/aromatic N) is 1. The number of aliphatic carboxylic acids is 1. The van der Waals surface area contributed by atoms with Crippen LogP contribution in [0.1, 0.15) is 18.4 Å². The lowest BCUT2D eigenvalue weighted by Gasteiger charge is -2.13. The van der Waals surface area contributed by atoms with E-state index in [-0.39, 0.29) is 39.9 Å². The quantitative estimate of drug-likeness (QED) is 0.552. The summed E-state index contributed by atoms with van der Waals surface area (Å²) in [7, 11) is 0. The molecular weight excluding hydrogens is 395 g/mol. The lowest BCUT2D eigenvalue weighted by Crippen LogP contribution is -2.29. The van der Waals surface area contributed by atoms with Crippen molar-refractivity contribution < 1.29 is 37.7 Å². The maximum atomic E-state index is 12.3. The topological polar surface area (TPSA) is 87.1 Å². The number of thiocarbonyl (C=S) groups is 1. The Morgan fingerprint density at radius 3 is 2.69 bits per heavy atom. The molecule has 1 saturated heterocycles. The molecule has 0 spiro atoms. The van der Waals surface area contributed by atoms with E-state index in [0.717, 1.165) is 30.0 Å². The molecule has 0 saturated carbocycles. The summed E-state index contributed by atoms with van der Waals surface area (Å²) in [5, 5.41) is 18.4. The summed E-state index contributed by atoms with van der Waals surface area (Å²) in [5.74, 6) is -2.39. The third-order valence-electron chi connectivity index (χ3n) is 3.17. The van der Waals surface area contributed by atoms with Gasteiger partial charge in [-0.1, -0.05) is 24.0 Å². The molecule has 0 aromatic heterocycles. The molecule has 140 valence electrons. The smallest absolute Gasteiger partial charge is 0.507 e. The molecule has 0 aliphatic carbocycles. The molecule has 1 aliphatic rings. The largest absolute Gasteiger partial charge is 0.573 e. The summed E-state index contributed by atoms with van der Waals surface area (Å²) in [6, 6.07) is 2.90. The first-order valence-corrected chi connectivity index (χ1v) is 8.35. The number of aromatic hydroxyl groups is 1. The fraction of sp³-hybridized carbons (Fsp3) is 0.267. The van der Waals surface area contributed by atoms with Crippen molar-refractivity contribution >= 4 is 46.3 Å². The highest BCUT2D eigenvalue weighted by Gasteiger charge is 2.33. The number of benzene rings is 1. The summed E-state index contributed by atoms with van der Waals surface area (Å²) in [5.41, 5.74) is -0.0437. The molecule has 0 unspecified atom stereocenters. The Balaban J connectivity index is 2.19. The standard InChI is InChI=1S/C15H12F3NO5S2/c16-15(17,18)24-9-3-4-10(20)8(6-9)7-11-13(23)19(14(25)26-11)5-1-2-12(21)22/h3-4,6-7,20H,1-2,5H2,(H,21,22)/b11-7-. The van der Waals surface area contributed by atoms with Gasteiger partial charge in [-0.3, -0.25) is 14.5 Å². The van der Waals surface area contributed by atoms with Crippen molar-refractivity contribution in [3.05, 3.63) is 28.7 Å². The number of amides is 1. The van der Waals surface area contributed by atoms with E-state index < -0.39 is 24.0 Å². The van der Waals surface area contributed by atoms with Crippen LogP contribution in [0.2, 0.25) is 0 Å². The van der Waals surface area contributed by atoms with Crippen molar-refractivity contribution in [1.82, 2.24) is 4.90 Å². The first kappa shape index (κ1) is 20.0. The average Bonchev–Trinajstić information content (AvgIpc) is 2.76. The zero-order chi connectivity index (χ0) is 19.5. The van der Waals surface area contributed by atoms with Crippen molar-refractivity contribution in [2.24, 2.45) is 0 Å². The number of phenols is 1. The molecule has 1 heterocycles. The van der Waals surface area contributed by atoms with E-state index >= 15 is 0 Å². The normalized spacial score (nSPS) is 16.4. The van der Waals surface area contributed by atoms with Gasteiger partial charge in [-0.05, 0) is 30.7 Å². The molecule has 1 aliphatic heterocycles. The summed E-state index contributed by atoms with van der Waals surface area (Å²) in [4.78, 5) is 24.2. The maximum absolute atomic E-state index is 12.3. The van der Waals surface area contributed by atoms with Crippen LogP contribution in [-0.4, -0.2) is 44.2 Å². The maximum Gasteiger partial charge on any atom is 0.573 e. The number of rotatable bonds is 6. The number of carboxylic acids is 1. The molecule has 1 aromatic carbocycles. The number of hydrogen-bond donors (Lipinski definition) is 2. The van der Waals surface area contributed by atoms with Gasteiger partial charge in [0, 0.05) is 18.5 Å². The molecule has 2 N–H and O–H groups in total. The predicted octanol–water partition coefficient (Wildman–Crippen LogP) is 3.36. The second-order valence-electron chi connectivity index (χ2n) is 5.10. The van der Waals surface area contributed by atoms with Gasteiger partial charge in [0.15, 0.2) is 0 Å². The van der Waals surface area contributed by atoms with Crippen LogP contribution in [0, 0.1) is 0 Å². The minimum atomic E-state index is -4.89. The Bertz CT molecular complexity index is 779. The van der Waals surface area contributed by atoms with Crippen LogP contribution < -0.4 is 4.74 Å². The second kappa shape index (κ2) is 7.96. The minimum Gasteiger partial charge on any atom is -0.507 e. The molecule has 1 amide bonds. The predicted molar refractivity (Wildman–Crippen MR) is 91.5 cm³/mol. The number of alkyl halides is 3. The molecule has 11 heteroatoms. The lowest BCUT2D eigenvalue weighted by molar-refractivity contribution is -0.274. The Morgan fingerprint density at radius 2 is 2.08 bits per heavy atom. The van der Waals surface area contributed by atoms with Gasteiger partial charge in [-0.25, -0.2) is 0 Å². The number of carboxylic acid groups (broad SMARTS) is 1.